The Morgan fingerprint density at radius 3 is 2.20 bits per heavy atom. The molecule has 0 spiro atoms. The lowest BCUT2D eigenvalue weighted by Gasteiger charge is -2.54. The Morgan fingerprint density at radius 1 is 0.841 bits per heavy atom. The molecule has 0 aromatic heterocycles. The van der Waals surface area contributed by atoms with Crippen molar-refractivity contribution in [2.75, 3.05) is 0 Å². The average molecular weight is 623 g/mol. The Balaban J connectivity index is 1.35. The molecule has 14 atom stereocenters. The van der Waals surface area contributed by atoms with E-state index in [1.165, 1.54) is 5.57 Å². The number of aliphatic hydroxyl groups is 5. The third-order valence-electron chi connectivity index (χ3n) is 13.7. The minimum atomic E-state index is -1.31. The second kappa shape index (κ2) is 11.8. The highest BCUT2D eigenvalue weighted by Crippen LogP contribution is 2.60. The first kappa shape index (κ1) is 34.7. The molecule has 5 rings (SSSR count). The molecule has 0 amide bonds. The lowest BCUT2D eigenvalue weighted by molar-refractivity contribution is -0.323. The van der Waals surface area contributed by atoms with E-state index >= 15 is 0 Å². The summed E-state index contributed by atoms with van der Waals surface area (Å²) in [6.45, 7) is 19.2. The quantitative estimate of drug-likeness (QED) is 0.275. The van der Waals surface area contributed by atoms with Crippen LogP contribution in [0.5, 0.6) is 0 Å². The maximum Gasteiger partial charge on any atom is 0.187 e. The van der Waals surface area contributed by atoms with Gasteiger partial charge < -0.3 is 39.7 Å². The van der Waals surface area contributed by atoms with Crippen LogP contribution in [0.2, 0.25) is 0 Å². The van der Waals surface area contributed by atoms with Gasteiger partial charge in [0.05, 0.1) is 35.1 Å². The molecule has 5 aliphatic rings. The Kier molecular flexibility index (Phi) is 9.35. The smallest absolute Gasteiger partial charge is 0.187 e. The predicted molar refractivity (Wildman–Crippen MR) is 169 cm³/mol. The fourth-order valence-corrected chi connectivity index (χ4v) is 10.6. The second-order valence-electron chi connectivity index (χ2n) is 17.2. The van der Waals surface area contributed by atoms with Gasteiger partial charge in [0.25, 0.3) is 0 Å². The van der Waals surface area contributed by atoms with E-state index in [0.717, 1.165) is 44.9 Å². The molecule has 0 bridgehead atoms. The van der Waals surface area contributed by atoms with Crippen LogP contribution in [0.3, 0.4) is 0 Å². The first-order valence-electron chi connectivity index (χ1n) is 17.4. The van der Waals surface area contributed by atoms with E-state index in [0.29, 0.717) is 24.7 Å². The number of hydrogen-bond acceptors (Lipinski definition) is 8. The summed E-state index contributed by atoms with van der Waals surface area (Å²) in [7, 11) is 0. The zero-order chi connectivity index (χ0) is 32.6. The summed E-state index contributed by atoms with van der Waals surface area (Å²) in [5, 5.41) is 54.1. The highest BCUT2D eigenvalue weighted by Gasteiger charge is 2.59. The fourth-order valence-electron chi connectivity index (χ4n) is 10.6. The molecule has 0 aromatic carbocycles. The summed E-state index contributed by atoms with van der Waals surface area (Å²) < 4.78 is 19.1. The van der Waals surface area contributed by atoms with Crippen molar-refractivity contribution in [3.8, 4) is 0 Å². The van der Waals surface area contributed by atoms with Crippen LogP contribution in [0.4, 0.5) is 0 Å². The molecule has 2 heterocycles. The van der Waals surface area contributed by atoms with Gasteiger partial charge in [0, 0.05) is 0 Å². The van der Waals surface area contributed by atoms with Crippen LogP contribution in [0.25, 0.3) is 0 Å². The van der Waals surface area contributed by atoms with Gasteiger partial charge in [-0.15, -0.1) is 0 Å². The summed E-state index contributed by atoms with van der Waals surface area (Å²) in [5.41, 5.74) is -0.796. The summed E-state index contributed by atoms with van der Waals surface area (Å²) in [5.74, 6) is 0.990. The number of hydrogen-bond donors (Lipinski definition) is 5. The molecule has 2 saturated carbocycles. The summed E-state index contributed by atoms with van der Waals surface area (Å²) in [6, 6.07) is 0. The predicted octanol–water partition coefficient (Wildman–Crippen LogP) is 4.87. The largest absolute Gasteiger partial charge is 0.390 e. The number of aliphatic hydroxyl groups excluding tert-OH is 4. The normalized spacial score (nSPS) is 52.3. The maximum absolute atomic E-state index is 11.8. The van der Waals surface area contributed by atoms with Crippen LogP contribution in [-0.4, -0.2) is 85.2 Å². The maximum atomic E-state index is 11.8. The SMILES string of the molecule is CC1=CC[C@@H]2[C@@H](CC[C@@]2(C)O[C@@H]2O[C@@H](C)[C@H](O)[C@@H](O)[C@H]2O)C(C)(C)[C@H]1CC[C@@H]1[C@@]2(C)CC[C@@H](O)C(C)(C)O[C@@H]2CC[C@]1(C)O. The van der Waals surface area contributed by atoms with Crippen molar-refractivity contribution in [2.45, 2.75) is 180 Å². The van der Waals surface area contributed by atoms with Crippen LogP contribution < -0.4 is 0 Å². The molecular formula is C36H62O8. The van der Waals surface area contributed by atoms with Gasteiger partial charge in [-0.05, 0) is 134 Å². The number of allylic oxidation sites excluding steroid dienone is 2. The molecule has 8 heteroatoms. The van der Waals surface area contributed by atoms with E-state index in [1.807, 2.05) is 20.8 Å². The summed E-state index contributed by atoms with van der Waals surface area (Å²) in [4.78, 5) is 0. The van der Waals surface area contributed by atoms with Crippen LogP contribution in [0.1, 0.15) is 120 Å². The summed E-state index contributed by atoms with van der Waals surface area (Å²) in [6.07, 6.45) is 4.06. The van der Waals surface area contributed by atoms with Crippen molar-refractivity contribution in [1.82, 2.24) is 0 Å². The van der Waals surface area contributed by atoms with Crippen LogP contribution in [-0.2, 0) is 14.2 Å². The van der Waals surface area contributed by atoms with Crippen LogP contribution in [0, 0.1) is 34.5 Å². The van der Waals surface area contributed by atoms with Gasteiger partial charge in [-0.1, -0.05) is 32.4 Å². The molecule has 4 fully saturated rings. The van der Waals surface area contributed by atoms with Crippen molar-refractivity contribution in [3.05, 3.63) is 11.6 Å². The van der Waals surface area contributed by atoms with Gasteiger partial charge in [-0.2, -0.15) is 0 Å². The minimum absolute atomic E-state index is 0.00966. The first-order valence-corrected chi connectivity index (χ1v) is 17.4. The molecule has 8 nitrogen and oxygen atoms in total. The Labute approximate surface area is 265 Å². The molecule has 2 aliphatic heterocycles. The number of ether oxygens (including phenoxy) is 3. The van der Waals surface area contributed by atoms with Crippen molar-refractivity contribution >= 4 is 0 Å². The molecule has 0 radical (unpaired) electrons. The number of fused-ring (bicyclic) bond motifs is 2. The van der Waals surface area contributed by atoms with Gasteiger partial charge in [-0.25, -0.2) is 0 Å². The Hall–Kier alpha value is -0.580. The molecule has 0 unspecified atom stereocenters. The van der Waals surface area contributed by atoms with Crippen molar-refractivity contribution in [1.29, 1.82) is 0 Å². The van der Waals surface area contributed by atoms with Gasteiger partial charge in [0.2, 0.25) is 0 Å². The minimum Gasteiger partial charge on any atom is -0.390 e. The zero-order valence-electron chi connectivity index (χ0n) is 28.8. The van der Waals surface area contributed by atoms with E-state index in [4.69, 9.17) is 14.2 Å². The molecule has 254 valence electrons. The highest BCUT2D eigenvalue weighted by atomic mass is 16.7. The highest BCUT2D eigenvalue weighted by molar-refractivity contribution is 5.18. The van der Waals surface area contributed by atoms with Gasteiger partial charge >= 0.3 is 0 Å². The van der Waals surface area contributed by atoms with Crippen molar-refractivity contribution < 1.29 is 39.7 Å². The molecule has 44 heavy (non-hydrogen) atoms. The van der Waals surface area contributed by atoms with Gasteiger partial charge in [0.1, 0.15) is 18.3 Å². The van der Waals surface area contributed by atoms with Crippen LogP contribution >= 0.6 is 0 Å². The van der Waals surface area contributed by atoms with E-state index in [-0.39, 0.29) is 28.8 Å². The standard InChI is InChI=1S/C36H62O8/c1-20-10-11-24-23(14-19-36(24,9)44-31-30(40)29(39)28(38)21(2)42-31)32(3,4)22(20)12-13-25-34(7)17-15-26(37)33(5,6)43-27(34)16-18-35(25,8)41/h10,21-31,37-41H,11-19H2,1-9H3/t21-,22-,23+,24+,25+,26+,27+,28-,29+,30+,31-,34+,35-,36+/m0/s1. The van der Waals surface area contributed by atoms with Crippen LogP contribution in [0.15, 0.2) is 11.6 Å². The fraction of sp³-hybridized carbons (Fsp3) is 0.944. The van der Waals surface area contributed by atoms with E-state index in [1.54, 1.807) is 6.92 Å². The van der Waals surface area contributed by atoms with E-state index in [2.05, 4.69) is 40.7 Å². The van der Waals surface area contributed by atoms with Crippen molar-refractivity contribution in [3.63, 3.8) is 0 Å². The third kappa shape index (κ3) is 5.86. The average Bonchev–Trinajstić information content (AvgIpc) is 3.18. The van der Waals surface area contributed by atoms with Gasteiger partial charge in [0.15, 0.2) is 6.29 Å². The van der Waals surface area contributed by atoms with Crippen molar-refractivity contribution in [2.24, 2.45) is 34.5 Å². The topological polar surface area (TPSA) is 129 Å². The van der Waals surface area contributed by atoms with E-state index < -0.39 is 53.6 Å². The Morgan fingerprint density at radius 2 is 1.52 bits per heavy atom. The third-order valence-corrected chi connectivity index (χ3v) is 13.7. The lowest BCUT2D eigenvalue weighted by atomic mass is 9.55. The summed E-state index contributed by atoms with van der Waals surface area (Å²) >= 11 is 0. The van der Waals surface area contributed by atoms with E-state index in [9.17, 15) is 25.5 Å². The van der Waals surface area contributed by atoms with Gasteiger partial charge in [-0.3, -0.25) is 0 Å². The number of rotatable bonds is 5. The molecule has 3 aliphatic carbocycles. The molecule has 5 N–H and O–H groups in total. The second-order valence-corrected chi connectivity index (χ2v) is 17.2. The lowest BCUT2D eigenvalue weighted by Crippen LogP contribution is -2.59. The zero-order valence-corrected chi connectivity index (χ0v) is 28.8. The Bertz CT molecular complexity index is 1070. The molecular weight excluding hydrogens is 560 g/mol. The first-order chi connectivity index (χ1) is 20.2. The monoisotopic (exact) mass is 622 g/mol. The molecule has 2 saturated heterocycles. The molecule has 0 aromatic rings.